The number of alkyl carbamates (subject to hydrolysis) is 1. The van der Waals surface area contributed by atoms with Crippen LogP contribution < -0.4 is 11.1 Å². The number of likely N-dealkylation sites (tertiary alicyclic amines) is 1. The minimum Gasteiger partial charge on any atom is -0.444 e. The Morgan fingerprint density at radius 3 is 2.07 bits per heavy atom. The monoisotopic (exact) mass is 417 g/mol. The maximum Gasteiger partial charge on any atom is 0.408 e. The quantitative estimate of drug-likeness (QED) is 0.734. The summed E-state index contributed by atoms with van der Waals surface area (Å²) in [6, 6.07) is -1.08. The molecule has 1 heterocycles. The molecular weight excluding hydrogens is 382 g/mol. The Labute approximate surface area is 178 Å². The van der Waals surface area contributed by atoms with Gasteiger partial charge in [-0.05, 0) is 95.8 Å². The first-order valence-electron chi connectivity index (χ1n) is 11.7. The predicted molar refractivity (Wildman–Crippen MR) is 110 cm³/mol. The highest BCUT2D eigenvalue weighted by Crippen LogP contribution is 2.62. The van der Waals surface area contributed by atoms with Crippen LogP contribution in [0.5, 0.6) is 0 Å². The van der Waals surface area contributed by atoms with Crippen molar-refractivity contribution in [1.82, 2.24) is 10.2 Å². The third-order valence-electron chi connectivity index (χ3n) is 8.29. The second-order valence-electron chi connectivity index (χ2n) is 11.8. The minimum absolute atomic E-state index is 0.104. The number of amides is 3. The first kappa shape index (κ1) is 20.1. The van der Waals surface area contributed by atoms with Crippen molar-refractivity contribution in [2.45, 2.75) is 95.9 Å². The van der Waals surface area contributed by atoms with E-state index in [1.165, 1.54) is 19.3 Å². The fourth-order valence-electron chi connectivity index (χ4n) is 7.61. The van der Waals surface area contributed by atoms with Crippen molar-refractivity contribution >= 4 is 17.9 Å². The molecule has 1 aliphatic heterocycles. The molecular formula is C23H35N3O4. The van der Waals surface area contributed by atoms with Crippen LogP contribution in [0.25, 0.3) is 0 Å². The van der Waals surface area contributed by atoms with Crippen LogP contribution >= 0.6 is 0 Å². The van der Waals surface area contributed by atoms with Crippen LogP contribution in [0.1, 0.15) is 72.1 Å². The van der Waals surface area contributed by atoms with Crippen molar-refractivity contribution in [3.63, 3.8) is 0 Å². The summed E-state index contributed by atoms with van der Waals surface area (Å²) in [5.74, 6) is 1.77. The number of piperidine rings is 1. The number of primary amides is 1. The predicted octanol–water partition coefficient (Wildman–Crippen LogP) is 2.57. The van der Waals surface area contributed by atoms with Crippen molar-refractivity contribution < 1.29 is 19.1 Å². The zero-order valence-electron chi connectivity index (χ0n) is 18.4. The van der Waals surface area contributed by atoms with Crippen molar-refractivity contribution in [3.8, 4) is 0 Å². The molecule has 166 valence electrons. The average Bonchev–Trinajstić information content (AvgIpc) is 3.26. The lowest BCUT2D eigenvalue weighted by Gasteiger charge is -2.59. The van der Waals surface area contributed by atoms with Crippen molar-refractivity contribution in [1.29, 1.82) is 0 Å². The third kappa shape index (κ3) is 3.38. The molecule has 30 heavy (non-hydrogen) atoms. The number of carbonyl (C=O) groups is 3. The zero-order chi connectivity index (χ0) is 21.4. The van der Waals surface area contributed by atoms with E-state index in [9.17, 15) is 14.4 Å². The van der Waals surface area contributed by atoms with Gasteiger partial charge in [0.2, 0.25) is 11.8 Å². The van der Waals surface area contributed by atoms with Gasteiger partial charge in [0, 0.05) is 11.5 Å². The Bertz CT molecular complexity index is 738. The van der Waals surface area contributed by atoms with Gasteiger partial charge in [-0.3, -0.25) is 9.59 Å². The van der Waals surface area contributed by atoms with Gasteiger partial charge < -0.3 is 20.7 Å². The first-order valence-corrected chi connectivity index (χ1v) is 11.7. The normalized spacial score (nSPS) is 41.9. The Kier molecular flexibility index (Phi) is 4.43. The maximum atomic E-state index is 14.0. The fourth-order valence-corrected chi connectivity index (χ4v) is 7.61. The average molecular weight is 418 g/mol. The summed E-state index contributed by atoms with van der Waals surface area (Å²) in [7, 11) is 0. The number of nitrogens with zero attached hydrogens (tertiary/aromatic N) is 1. The van der Waals surface area contributed by atoms with E-state index >= 15 is 0 Å². The number of carbonyl (C=O) groups excluding carboxylic acids is 3. The highest BCUT2D eigenvalue weighted by molar-refractivity contribution is 5.92. The number of nitrogens with one attached hydrogen (secondary N) is 1. The molecule has 0 aromatic rings. The number of nitrogens with two attached hydrogens (primary N) is 1. The maximum absolute atomic E-state index is 14.0. The topological polar surface area (TPSA) is 102 Å². The van der Waals surface area contributed by atoms with E-state index in [0.717, 1.165) is 25.7 Å². The lowest BCUT2D eigenvalue weighted by atomic mass is 9.47. The summed E-state index contributed by atoms with van der Waals surface area (Å²) in [4.78, 5) is 40.6. The van der Waals surface area contributed by atoms with E-state index in [0.29, 0.717) is 30.1 Å². The summed E-state index contributed by atoms with van der Waals surface area (Å²) < 4.78 is 5.54. The molecule has 1 saturated heterocycles. The van der Waals surface area contributed by atoms with Gasteiger partial charge in [0.05, 0.1) is 0 Å². The fraction of sp³-hybridized carbons (Fsp3) is 0.870. The van der Waals surface area contributed by atoms with Crippen LogP contribution in [0.3, 0.4) is 0 Å². The number of rotatable bonds is 4. The highest BCUT2D eigenvalue weighted by Gasteiger charge is 2.61. The molecule has 0 aromatic carbocycles. The van der Waals surface area contributed by atoms with Gasteiger partial charge in [-0.1, -0.05) is 0 Å². The Morgan fingerprint density at radius 1 is 1.00 bits per heavy atom. The molecule has 4 bridgehead atoms. The number of hydrogen-bond donors (Lipinski definition) is 2. The second-order valence-corrected chi connectivity index (χ2v) is 11.8. The summed E-state index contributed by atoms with van der Waals surface area (Å²) in [6.45, 7) is 5.48. The molecule has 3 N–H and O–H groups in total. The third-order valence-corrected chi connectivity index (χ3v) is 8.29. The molecule has 7 heteroatoms. The van der Waals surface area contributed by atoms with Crippen LogP contribution in [0, 0.1) is 29.1 Å². The zero-order valence-corrected chi connectivity index (χ0v) is 18.4. The van der Waals surface area contributed by atoms with Gasteiger partial charge in [0.15, 0.2) is 0 Å². The molecule has 0 spiro atoms. The van der Waals surface area contributed by atoms with Gasteiger partial charge >= 0.3 is 6.09 Å². The molecule has 5 aliphatic carbocycles. The van der Waals surface area contributed by atoms with E-state index in [2.05, 4.69) is 5.32 Å². The van der Waals surface area contributed by atoms with Gasteiger partial charge in [0.25, 0.3) is 0 Å². The van der Waals surface area contributed by atoms with E-state index in [4.69, 9.17) is 10.5 Å². The van der Waals surface area contributed by atoms with Crippen LogP contribution in [-0.4, -0.2) is 46.5 Å². The Hall–Kier alpha value is -1.79. The van der Waals surface area contributed by atoms with Crippen LogP contribution in [0.2, 0.25) is 0 Å². The molecule has 0 radical (unpaired) electrons. The molecule has 4 atom stereocenters. The van der Waals surface area contributed by atoms with Crippen molar-refractivity contribution in [3.05, 3.63) is 0 Å². The first-order chi connectivity index (χ1) is 14.0. The summed E-state index contributed by atoms with van der Waals surface area (Å²) in [5, 5.41) is 3.00. The van der Waals surface area contributed by atoms with E-state index in [1.54, 1.807) is 4.90 Å². The smallest absolute Gasteiger partial charge is 0.408 e. The van der Waals surface area contributed by atoms with Gasteiger partial charge in [-0.25, -0.2) is 4.79 Å². The lowest BCUT2D eigenvalue weighted by Crippen LogP contribution is -2.64. The minimum atomic E-state index is -0.637. The summed E-state index contributed by atoms with van der Waals surface area (Å²) in [5.41, 5.74) is 4.80. The Balaban J connectivity index is 1.45. The number of ether oxygens (including phenoxy) is 1. The van der Waals surface area contributed by atoms with Crippen LogP contribution in [0.15, 0.2) is 0 Å². The van der Waals surface area contributed by atoms with Crippen molar-refractivity contribution in [2.24, 2.45) is 34.8 Å². The molecule has 3 amide bonds. The molecule has 0 unspecified atom stereocenters. The molecule has 6 rings (SSSR count). The van der Waals surface area contributed by atoms with Gasteiger partial charge in [-0.15, -0.1) is 0 Å². The van der Waals surface area contributed by atoms with E-state index in [1.807, 2.05) is 20.8 Å². The number of fused-ring (bicyclic) bond motifs is 1. The van der Waals surface area contributed by atoms with Crippen LogP contribution in [-0.2, 0) is 14.3 Å². The van der Waals surface area contributed by atoms with E-state index in [-0.39, 0.29) is 17.4 Å². The largest absolute Gasteiger partial charge is 0.444 e. The highest BCUT2D eigenvalue weighted by atomic mass is 16.6. The molecule has 6 fully saturated rings. The van der Waals surface area contributed by atoms with E-state index < -0.39 is 29.7 Å². The summed E-state index contributed by atoms with van der Waals surface area (Å²) >= 11 is 0. The summed E-state index contributed by atoms with van der Waals surface area (Å²) in [6.07, 6.45) is 7.76. The number of hydrogen-bond acceptors (Lipinski definition) is 4. The molecule has 6 aliphatic rings. The lowest BCUT2D eigenvalue weighted by molar-refractivity contribution is -0.150. The SMILES string of the molecule is CC(C)(C)OC(=O)N[C@H](C(=O)N1[C@H](C(N)=O)C[C@@H]2C[C@@H]21)C12CC3CC(CC(C3)C1)C2. The van der Waals surface area contributed by atoms with Gasteiger partial charge in [0.1, 0.15) is 17.7 Å². The molecule has 7 nitrogen and oxygen atoms in total. The molecule has 5 saturated carbocycles. The van der Waals surface area contributed by atoms with Crippen molar-refractivity contribution in [2.75, 3.05) is 0 Å². The molecule has 0 aromatic heterocycles. The standard InChI is InChI=1S/C23H35N3O4/c1-22(2,3)30-21(29)25-18(20(28)26-16-7-15(16)8-17(26)19(24)27)23-9-12-4-13(10-23)6-14(5-12)11-23/h12-18H,4-11H2,1-3H3,(H2,24,27)(H,25,29)/t12?,13?,14?,15-,16-,17-,18+,23?/m0/s1. The second kappa shape index (κ2) is 6.60. The van der Waals surface area contributed by atoms with Gasteiger partial charge in [-0.2, -0.15) is 0 Å². The Morgan fingerprint density at radius 2 is 1.57 bits per heavy atom. The van der Waals surface area contributed by atoms with Crippen LogP contribution in [0.4, 0.5) is 4.79 Å².